The smallest absolute Gasteiger partial charge is 0.170 e. The molecule has 21 heavy (non-hydrogen) atoms. The second kappa shape index (κ2) is 6.05. The number of nitrogens with zero attached hydrogens (tertiary/aromatic N) is 1. The van der Waals surface area contributed by atoms with Gasteiger partial charge in [-0.15, -0.1) is 0 Å². The van der Waals surface area contributed by atoms with Crippen LogP contribution < -0.4 is 0 Å². The molecule has 1 atom stereocenters. The van der Waals surface area contributed by atoms with Crippen molar-refractivity contribution in [2.24, 2.45) is 0 Å². The summed E-state index contributed by atoms with van der Waals surface area (Å²) in [6.07, 6.45) is 1.37. The predicted octanol–water partition coefficient (Wildman–Crippen LogP) is 2.18. The van der Waals surface area contributed by atoms with E-state index >= 15 is 0 Å². The average Bonchev–Trinajstić information content (AvgIpc) is 2.90. The van der Waals surface area contributed by atoms with Gasteiger partial charge in [0.2, 0.25) is 0 Å². The summed E-state index contributed by atoms with van der Waals surface area (Å²) in [5, 5.41) is 10.5. The lowest BCUT2D eigenvalue weighted by Crippen LogP contribution is -2.46. The highest BCUT2D eigenvalue weighted by molar-refractivity contribution is 5.32. The monoisotopic (exact) mass is 291 g/mol. The van der Waals surface area contributed by atoms with Gasteiger partial charge < -0.3 is 19.5 Å². The Morgan fingerprint density at radius 2 is 1.86 bits per heavy atom. The molecule has 1 spiro atoms. The molecule has 0 aromatic heterocycles. The largest absolute Gasteiger partial charge is 0.387 e. The van der Waals surface area contributed by atoms with Crippen molar-refractivity contribution in [2.45, 2.75) is 38.6 Å². The average molecular weight is 291 g/mol. The van der Waals surface area contributed by atoms with Gasteiger partial charge in [-0.05, 0) is 25.0 Å². The second-order valence-corrected chi connectivity index (χ2v) is 6.28. The lowest BCUT2D eigenvalue weighted by molar-refractivity contribution is -0.186. The first-order chi connectivity index (χ1) is 10.1. The molecule has 2 fully saturated rings. The molecule has 0 radical (unpaired) electrons. The Morgan fingerprint density at radius 3 is 2.48 bits per heavy atom. The number of benzene rings is 1. The molecule has 4 heteroatoms. The van der Waals surface area contributed by atoms with Gasteiger partial charge in [0.1, 0.15) is 0 Å². The number of likely N-dealkylation sites (tertiary alicyclic amines) is 1. The Labute approximate surface area is 126 Å². The first-order valence-corrected chi connectivity index (χ1v) is 7.83. The van der Waals surface area contributed by atoms with E-state index in [-0.39, 0.29) is 5.79 Å². The fraction of sp³-hybridized carbons (Fsp3) is 0.647. The topological polar surface area (TPSA) is 41.9 Å². The first kappa shape index (κ1) is 15.0. The summed E-state index contributed by atoms with van der Waals surface area (Å²) >= 11 is 0. The van der Waals surface area contributed by atoms with E-state index in [1.54, 1.807) is 0 Å². The Hall–Kier alpha value is -0.940. The summed E-state index contributed by atoms with van der Waals surface area (Å²) in [4.78, 5) is 2.31. The van der Waals surface area contributed by atoms with Crippen LogP contribution in [-0.4, -0.2) is 48.6 Å². The third-order valence-electron chi connectivity index (χ3n) is 4.65. The minimum Gasteiger partial charge on any atom is -0.387 e. The minimum atomic E-state index is -0.426. The van der Waals surface area contributed by atoms with E-state index in [1.807, 2.05) is 6.07 Å². The normalized spacial score (nSPS) is 23.6. The van der Waals surface area contributed by atoms with E-state index in [4.69, 9.17) is 9.47 Å². The van der Waals surface area contributed by atoms with Gasteiger partial charge in [-0.2, -0.15) is 0 Å². The van der Waals surface area contributed by atoms with Gasteiger partial charge in [0, 0.05) is 32.5 Å². The summed E-state index contributed by atoms with van der Waals surface area (Å²) in [6, 6.07) is 6.24. The fourth-order valence-electron chi connectivity index (χ4n) is 3.40. The van der Waals surface area contributed by atoms with E-state index in [0.717, 1.165) is 31.5 Å². The van der Waals surface area contributed by atoms with Crippen molar-refractivity contribution in [2.75, 3.05) is 32.8 Å². The van der Waals surface area contributed by atoms with Crippen LogP contribution in [0.2, 0.25) is 0 Å². The number of rotatable bonds is 3. The molecule has 2 saturated heterocycles. The maximum Gasteiger partial charge on any atom is 0.170 e. The molecule has 0 aliphatic carbocycles. The van der Waals surface area contributed by atoms with Crippen LogP contribution in [0, 0.1) is 13.8 Å². The number of ether oxygens (including phenoxy) is 2. The van der Waals surface area contributed by atoms with Crippen molar-refractivity contribution in [1.82, 2.24) is 4.90 Å². The summed E-state index contributed by atoms with van der Waals surface area (Å²) in [6.45, 7) is 8.09. The van der Waals surface area contributed by atoms with Gasteiger partial charge in [-0.3, -0.25) is 0 Å². The Bertz CT molecular complexity index is 487. The zero-order valence-electron chi connectivity index (χ0n) is 13.0. The Morgan fingerprint density at radius 1 is 1.19 bits per heavy atom. The lowest BCUT2D eigenvalue weighted by Gasteiger charge is -2.38. The number of piperidine rings is 1. The highest BCUT2D eigenvalue weighted by Gasteiger charge is 2.39. The highest BCUT2D eigenvalue weighted by Crippen LogP contribution is 2.32. The summed E-state index contributed by atoms with van der Waals surface area (Å²) in [5.74, 6) is -0.332. The molecule has 1 aromatic carbocycles. The molecule has 1 N–H and O–H groups in total. The molecule has 4 nitrogen and oxygen atoms in total. The van der Waals surface area contributed by atoms with Gasteiger partial charge >= 0.3 is 0 Å². The fourth-order valence-corrected chi connectivity index (χ4v) is 3.40. The van der Waals surface area contributed by atoms with Crippen LogP contribution >= 0.6 is 0 Å². The van der Waals surface area contributed by atoms with Gasteiger partial charge in [-0.25, -0.2) is 0 Å². The maximum atomic E-state index is 10.5. The molecule has 2 aliphatic heterocycles. The molecule has 1 aromatic rings. The van der Waals surface area contributed by atoms with E-state index < -0.39 is 6.10 Å². The molecular formula is C17H25NO3. The third-order valence-corrected chi connectivity index (χ3v) is 4.65. The van der Waals surface area contributed by atoms with E-state index in [1.165, 1.54) is 11.1 Å². The quantitative estimate of drug-likeness (QED) is 0.927. The predicted molar refractivity (Wildman–Crippen MR) is 81.2 cm³/mol. The first-order valence-electron chi connectivity index (χ1n) is 7.83. The van der Waals surface area contributed by atoms with Crippen LogP contribution in [0.3, 0.4) is 0 Å². The number of β-amino-alcohol motifs (C(OH)–C–C–N with tert-alkyl or cyclic N) is 1. The van der Waals surface area contributed by atoms with Crippen LogP contribution in [0.25, 0.3) is 0 Å². The van der Waals surface area contributed by atoms with Crippen LogP contribution in [-0.2, 0) is 9.47 Å². The SMILES string of the molecule is Cc1ccc(C(O)CN2CCC3(CC2)OCCO3)c(C)c1. The van der Waals surface area contributed by atoms with Gasteiger partial charge in [0.25, 0.3) is 0 Å². The maximum absolute atomic E-state index is 10.5. The molecular weight excluding hydrogens is 266 g/mol. The van der Waals surface area contributed by atoms with Gasteiger partial charge in [0.05, 0.1) is 19.3 Å². The van der Waals surface area contributed by atoms with Crippen molar-refractivity contribution >= 4 is 0 Å². The molecule has 0 bridgehead atoms. The van der Waals surface area contributed by atoms with Crippen LogP contribution in [0.1, 0.15) is 35.6 Å². The summed E-state index contributed by atoms with van der Waals surface area (Å²) < 4.78 is 11.5. The number of hydrogen-bond acceptors (Lipinski definition) is 4. The second-order valence-electron chi connectivity index (χ2n) is 6.28. The molecule has 2 heterocycles. The summed E-state index contributed by atoms with van der Waals surface area (Å²) in [7, 11) is 0. The van der Waals surface area contributed by atoms with Crippen molar-refractivity contribution in [3.63, 3.8) is 0 Å². The van der Waals surface area contributed by atoms with Crippen molar-refractivity contribution < 1.29 is 14.6 Å². The minimum absolute atomic E-state index is 0.332. The lowest BCUT2D eigenvalue weighted by atomic mass is 9.99. The van der Waals surface area contributed by atoms with Gasteiger partial charge in [0.15, 0.2) is 5.79 Å². The number of aryl methyl sites for hydroxylation is 2. The molecule has 0 amide bonds. The van der Waals surface area contributed by atoms with Crippen LogP contribution in [0.5, 0.6) is 0 Å². The third kappa shape index (κ3) is 3.29. The van der Waals surface area contributed by atoms with E-state index in [0.29, 0.717) is 19.8 Å². The summed E-state index contributed by atoms with van der Waals surface area (Å²) in [5.41, 5.74) is 3.44. The number of aliphatic hydroxyl groups is 1. The standard InChI is InChI=1S/C17H25NO3/c1-13-3-4-15(14(2)11-13)16(19)12-18-7-5-17(6-8-18)20-9-10-21-17/h3-4,11,16,19H,5-10,12H2,1-2H3. The van der Waals surface area contributed by atoms with Crippen molar-refractivity contribution in [3.8, 4) is 0 Å². The molecule has 0 saturated carbocycles. The van der Waals surface area contributed by atoms with Crippen molar-refractivity contribution in [3.05, 3.63) is 34.9 Å². The highest BCUT2D eigenvalue weighted by atomic mass is 16.7. The van der Waals surface area contributed by atoms with Crippen LogP contribution in [0.4, 0.5) is 0 Å². The van der Waals surface area contributed by atoms with Crippen LogP contribution in [0.15, 0.2) is 18.2 Å². The Kier molecular flexibility index (Phi) is 4.31. The van der Waals surface area contributed by atoms with Gasteiger partial charge in [-0.1, -0.05) is 23.8 Å². The van der Waals surface area contributed by atoms with E-state index in [2.05, 4.69) is 30.9 Å². The zero-order chi connectivity index (χ0) is 14.9. The molecule has 1 unspecified atom stereocenters. The molecule has 3 rings (SSSR count). The van der Waals surface area contributed by atoms with E-state index in [9.17, 15) is 5.11 Å². The number of aliphatic hydroxyl groups excluding tert-OH is 1. The Balaban J connectivity index is 1.57. The molecule has 116 valence electrons. The number of hydrogen-bond donors (Lipinski definition) is 1. The van der Waals surface area contributed by atoms with Crippen molar-refractivity contribution in [1.29, 1.82) is 0 Å². The molecule has 2 aliphatic rings. The zero-order valence-corrected chi connectivity index (χ0v) is 13.0.